The lowest BCUT2D eigenvalue weighted by Crippen LogP contribution is -2.37. The minimum absolute atomic E-state index is 0.0578. The predicted octanol–water partition coefficient (Wildman–Crippen LogP) is 0.222. The number of hydrogen-bond donors (Lipinski definition) is 2. The molecule has 1 amide bonds. The summed E-state index contributed by atoms with van der Waals surface area (Å²) in [7, 11) is 4.58. The first-order valence-electron chi connectivity index (χ1n) is 4.31. The Hall–Kier alpha value is -0.140. The Morgan fingerprint density at radius 3 is 2.58 bits per heavy atom. The molecule has 0 fully saturated rings. The summed E-state index contributed by atoms with van der Waals surface area (Å²) in [4.78, 5) is 11.3. The normalized spacial score (nSPS) is 15.3. The molecule has 0 heterocycles. The fraction of sp³-hybridized carbons (Fsp3) is 0.875. The average molecular weight is 190 g/mol. The second kappa shape index (κ2) is 6.38. The zero-order valence-electron chi connectivity index (χ0n) is 8.05. The van der Waals surface area contributed by atoms with Crippen LogP contribution in [0.15, 0.2) is 0 Å². The van der Waals surface area contributed by atoms with E-state index in [4.69, 9.17) is 0 Å². The van der Waals surface area contributed by atoms with Crippen molar-refractivity contribution in [1.29, 1.82) is 0 Å². The summed E-state index contributed by atoms with van der Waals surface area (Å²) >= 11 is 0. The minimum atomic E-state index is 0.0578. The highest BCUT2D eigenvalue weighted by atomic mass is 31.0. The molecule has 4 heteroatoms. The lowest BCUT2D eigenvalue weighted by Gasteiger charge is -2.18. The molecule has 12 heavy (non-hydrogen) atoms. The maximum Gasteiger partial charge on any atom is 0.223 e. The number of hydrogen-bond acceptors (Lipinski definition) is 2. The van der Waals surface area contributed by atoms with Crippen molar-refractivity contribution in [3.8, 4) is 0 Å². The molecule has 0 radical (unpaired) electrons. The van der Waals surface area contributed by atoms with Crippen molar-refractivity contribution in [3.63, 3.8) is 0 Å². The molecule has 0 aliphatic heterocycles. The molecular weight excluding hydrogens is 171 g/mol. The molecule has 0 spiro atoms. The Labute approximate surface area is 76.9 Å². The predicted molar refractivity (Wildman–Crippen MR) is 55.3 cm³/mol. The van der Waals surface area contributed by atoms with Gasteiger partial charge in [-0.2, -0.15) is 0 Å². The standard InChI is InChI=1S/C8H19N2OP/c1-4-10-8(11)6(2)7(12)5-9-3/h6-7,9H,4-5,12H2,1-3H3,(H,10,11). The molecular formula is C8H19N2OP. The van der Waals surface area contributed by atoms with Crippen LogP contribution in [0.1, 0.15) is 13.8 Å². The van der Waals surface area contributed by atoms with Gasteiger partial charge >= 0.3 is 0 Å². The van der Waals surface area contributed by atoms with Crippen LogP contribution in [0.3, 0.4) is 0 Å². The molecule has 72 valence electrons. The first-order chi connectivity index (χ1) is 5.63. The highest BCUT2D eigenvalue weighted by molar-refractivity contribution is 7.17. The van der Waals surface area contributed by atoms with Gasteiger partial charge in [-0.25, -0.2) is 0 Å². The lowest BCUT2D eigenvalue weighted by atomic mass is 10.1. The van der Waals surface area contributed by atoms with E-state index in [2.05, 4.69) is 19.9 Å². The smallest absolute Gasteiger partial charge is 0.223 e. The molecule has 0 saturated heterocycles. The number of amides is 1. The average Bonchev–Trinajstić information content (AvgIpc) is 2.04. The van der Waals surface area contributed by atoms with E-state index in [0.29, 0.717) is 12.2 Å². The van der Waals surface area contributed by atoms with Crippen LogP contribution in [0.4, 0.5) is 0 Å². The van der Waals surface area contributed by atoms with E-state index in [1.54, 1.807) is 0 Å². The second-order valence-corrected chi connectivity index (χ2v) is 3.76. The number of carbonyl (C=O) groups is 1. The van der Waals surface area contributed by atoms with E-state index in [1.807, 2.05) is 20.9 Å². The summed E-state index contributed by atoms with van der Waals surface area (Å²) in [5.74, 6) is 0.190. The van der Waals surface area contributed by atoms with Crippen molar-refractivity contribution in [2.24, 2.45) is 5.92 Å². The summed E-state index contributed by atoms with van der Waals surface area (Å²) in [6.45, 7) is 5.43. The van der Waals surface area contributed by atoms with Crippen LogP contribution >= 0.6 is 9.24 Å². The summed E-state index contributed by atoms with van der Waals surface area (Å²) < 4.78 is 0. The van der Waals surface area contributed by atoms with Gasteiger partial charge in [0.05, 0.1) is 0 Å². The van der Waals surface area contributed by atoms with E-state index in [-0.39, 0.29) is 11.8 Å². The lowest BCUT2D eigenvalue weighted by molar-refractivity contribution is -0.124. The third kappa shape index (κ3) is 4.03. The zero-order chi connectivity index (χ0) is 9.56. The Kier molecular flexibility index (Phi) is 6.31. The Morgan fingerprint density at radius 2 is 2.17 bits per heavy atom. The number of rotatable bonds is 5. The van der Waals surface area contributed by atoms with Crippen molar-refractivity contribution >= 4 is 15.1 Å². The molecule has 0 aromatic carbocycles. The second-order valence-electron chi connectivity index (χ2n) is 2.90. The van der Waals surface area contributed by atoms with Gasteiger partial charge in [-0.1, -0.05) is 6.92 Å². The number of carbonyl (C=O) groups excluding carboxylic acids is 1. The van der Waals surface area contributed by atoms with Crippen LogP contribution in [-0.4, -0.2) is 31.7 Å². The van der Waals surface area contributed by atoms with Gasteiger partial charge in [0.15, 0.2) is 0 Å². The zero-order valence-corrected chi connectivity index (χ0v) is 9.21. The molecule has 0 bridgehead atoms. The Balaban J connectivity index is 3.82. The van der Waals surface area contributed by atoms with Gasteiger partial charge in [0.25, 0.3) is 0 Å². The van der Waals surface area contributed by atoms with Crippen LogP contribution in [-0.2, 0) is 4.79 Å². The molecule has 0 saturated carbocycles. The third-order valence-corrected chi connectivity index (χ3v) is 2.66. The van der Waals surface area contributed by atoms with Crippen molar-refractivity contribution in [2.75, 3.05) is 20.1 Å². The SMILES string of the molecule is CCNC(=O)C(C)C(P)CNC. The van der Waals surface area contributed by atoms with Gasteiger partial charge in [-0.3, -0.25) is 4.79 Å². The Bertz CT molecular complexity index is 141. The largest absolute Gasteiger partial charge is 0.356 e. The molecule has 3 nitrogen and oxygen atoms in total. The molecule has 3 atom stereocenters. The van der Waals surface area contributed by atoms with E-state index in [0.717, 1.165) is 6.54 Å². The van der Waals surface area contributed by atoms with Crippen molar-refractivity contribution in [2.45, 2.75) is 19.5 Å². The summed E-state index contributed by atoms with van der Waals surface area (Å²) in [6, 6.07) is 0. The molecule has 0 aliphatic carbocycles. The first kappa shape index (κ1) is 11.9. The quantitative estimate of drug-likeness (QED) is 0.609. The van der Waals surface area contributed by atoms with Crippen LogP contribution in [0, 0.1) is 5.92 Å². The summed E-state index contributed by atoms with van der Waals surface area (Å²) in [6.07, 6.45) is 0. The van der Waals surface area contributed by atoms with Gasteiger partial charge in [-0.05, 0) is 19.6 Å². The minimum Gasteiger partial charge on any atom is -0.356 e. The highest BCUT2D eigenvalue weighted by Crippen LogP contribution is 2.11. The monoisotopic (exact) mass is 190 g/mol. The van der Waals surface area contributed by atoms with Crippen LogP contribution < -0.4 is 10.6 Å². The van der Waals surface area contributed by atoms with E-state index in [9.17, 15) is 4.79 Å². The summed E-state index contributed by atoms with van der Waals surface area (Å²) in [5, 5.41) is 5.85. The van der Waals surface area contributed by atoms with Crippen LogP contribution in [0.5, 0.6) is 0 Å². The molecule has 0 rings (SSSR count). The van der Waals surface area contributed by atoms with Crippen molar-refractivity contribution in [3.05, 3.63) is 0 Å². The van der Waals surface area contributed by atoms with Crippen molar-refractivity contribution in [1.82, 2.24) is 10.6 Å². The highest BCUT2D eigenvalue weighted by Gasteiger charge is 2.18. The maximum absolute atomic E-state index is 11.3. The van der Waals surface area contributed by atoms with E-state index in [1.165, 1.54) is 0 Å². The molecule has 0 aromatic heterocycles. The summed E-state index contributed by atoms with van der Waals surface area (Å²) in [5.41, 5.74) is 0.307. The molecule has 0 aliphatic rings. The fourth-order valence-corrected chi connectivity index (χ4v) is 1.35. The van der Waals surface area contributed by atoms with Crippen molar-refractivity contribution < 1.29 is 4.79 Å². The topological polar surface area (TPSA) is 41.1 Å². The molecule has 3 unspecified atom stereocenters. The molecule has 2 N–H and O–H groups in total. The first-order valence-corrected chi connectivity index (χ1v) is 4.98. The number of nitrogens with one attached hydrogen (secondary N) is 2. The Morgan fingerprint density at radius 1 is 1.58 bits per heavy atom. The van der Waals surface area contributed by atoms with Crippen LogP contribution in [0.2, 0.25) is 0 Å². The fourth-order valence-electron chi connectivity index (χ4n) is 0.942. The van der Waals surface area contributed by atoms with Gasteiger partial charge < -0.3 is 10.6 Å². The van der Waals surface area contributed by atoms with Gasteiger partial charge in [0, 0.05) is 19.0 Å². The van der Waals surface area contributed by atoms with E-state index >= 15 is 0 Å². The third-order valence-electron chi connectivity index (χ3n) is 1.85. The van der Waals surface area contributed by atoms with E-state index < -0.39 is 0 Å². The van der Waals surface area contributed by atoms with Gasteiger partial charge in [0.1, 0.15) is 0 Å². The van der Waals surface area contributed by atoms with Gasteiger partial charge in [0.2, 0.25) is 5.91 Å². The maximum atomic E-state index is 11.3. The van der Waals surface area contributed by atoms with Gasteiger partial charge in [-0.15, -0.1) is 9.24 Å². The molecule has 0 aromatic rings. The van der Waals surface area contributed by atoms with Crippen LogP contribution in [0.25, 0.3) is 0 Å².